The molecule has 4 rings (SSSR count). The highest BCUT2D eigenvalue weighted by atomic mass is 79.9. The first-order valence-corrected chi connectivity index (χ1v) is 10.8. The molecule has 9 heteroatoms. The molecule has 0 aliphatic carbocycles. The van der Waals surface area contributed by atoms with Crippen LogP contribution in [-0.4, -0.2) is 15.7 Å². The number of ether oxygens (including phenoxy) is 1. The highest BCUT2D eigenvalue weighted by Gasteiger charge is 2.16. The number of hydrogen-bond donors (Lipinski definition) is 1. The molecule has 0 spiro atoms. The van der Waals surface area contributed by atoms with Crippen molar-refractivity contribution < 1.29 is 13.9 Å². The summed E-state index contributed by atoms with van der Waals surface area (Å²) >= 11 is 15.7. The van der Waals surface area contributed by atoms with E-state index in [4.69, 9.17) is 32.4 Å². The van der Waals surface area contributed by atoms with Crippen LogP contribution in [0.1, 0.15) is 21.9 Å². The third-order valence-electron chi connectivity index (χ3n) is 4.33. The molecule has 4 aromatic rings. The Morgan fingerprint density at radius 1 is 1.06 bits per heavy atom. The first-order valence-electron chi connectivity index (χ1n) is 9.23. The molecule has 6 nitrogen and oxygen atoms in total. The van der Waals surface area contributed by atoms with Crippen LogP contribution in [0.4, 0.5) is 5.82 Å². The summed E-state index contributed by atoms with van der Waals surface area (Å²) in [5.41, 5.74) is 0.922. The number of halogens is 3. The molecule has 0 saturated heterocycles. The summed E-state index contributed by atoms with van der Waals surface area (Å²) in [6.45, 7) is 0.617. The van der Waals surface area contributed by atoms with Gasteiger partial charge in [-0.25, -0.2) is 0 Å². The number of carbonyl (C=O) groups is 1. The van der Waals surface area contributed by atoms with Crippen molar-refractivity contribution in [1.82, 2.24) is 9.78 Å². The number of nitrogens with one attached hydrogen (secondary N) is 1. The van der Waals surface area contributed by atoms with Crippen molar-refractivity contribution >= 4 is 50.9 Å². The third kappa shape index (κ3) is 5.31. The predicted octanol–water partition coefficient (Wildman–Crippen LogP) is 6.43. The number of furan rings is 1. The van der Waals surface area contributed by atoms with Gasteiger partial charge in [0.25, 0.3) is 5.91 Å². The Labute approximate surface area is 196 Å². The highest BCUT2D eigenvalue weighted by molar-refractivity contribution is 9.10. The van der Waals surface area contributed by atoms with E-state index in [0.29, 0.717) is 38.4 Å². The van der Waals surface area contributed by atoms with Crippen LogP contribution in [0.15, 0.2) is 75.8 Å². The van der Waals surface area contributed by atoms with Gasteiger partial charge in [0.1, 0.15) is 18.1 Å². The molecule has 31 heavy (non-hydrogen) atoms. The molecule has 0 bridgehead atoms. The smallest absolute Gasteiger partial charge is 0.292 e. The van der Waals surface area contributed by atoms with Gasteiger partial charge >= 0.3 is 0 Å². The van der Waals surface area contributed by atoms with Crippen molar-refractivity contribution in [1.29, 1.82) is 0 Å². The molecule has 1 N–H and O–H groups in total. The summed E-state index contributed by atoms with van der Waals surface area (Å²) in [5.74, 6) is 1.13. The fraction of sp³-hybridized carbons (Fsp3) is 0.0909. The van der Waals surface area contributed by atoms with Crippen molar-refractivity contribution in [3.05, 3.63) is 98.5 Å². The van der Waals surface area contributed by atoms with Crippen LogP contribution in [0.3, 0.4) is 0 Å². The number of anilines is 1. The summed E-state index contributed by atoms with van der Waals surface area (Å²) < 4.78 is 13.5. The Morgan fingerprint density at radius 2 is 1.81 bits per heavy atom. The van der Waals surface area contributed by atoms with E-state index in [0.717, 1.165) is 5.56 Å². The van der Waals surface area contributed by atoms with E-state index >= 15 is 0 Å². The molecular weight excluding hydrogens is 505 g/mol. The molecular formula is C22H16BrCl2N3O3. The zero-order valence-electron chi connectivity index (χ0n) is 16.0. The lowest BCUT2D eigenvalue weighted by atomic mass is 10.2. The molecule has 0 fully saturated rings. The van der Waals surface area contributed by atoms with Crippen molar-refractivity contribution in [2.75, 3.05) is 5.32 Å². The van der Waals surface area contributed by atoms with Crippen LogP contribution in [-0.2, 0) is 13.2 Å². The zero-order valence-corrected chi connectivity index (χ0v) is 19.1. The van der Waals surface area contributed by atoms with Gasteiger partial charge < -0.3 is 14.5 Å². The Morgan fingerprint density at radius 3 is 2.58 bits per heavy atom. The summed E-state index contributed by atoms with van der Waals surface area (Å²) in [6.07, 6.45) is 1.77. The van der Waals surface area contributed by atoms with Crippen LogP contribution in [0.5, 0.6) is 5.75 Å². The predicted molar refractivity (Wildman–Crippen MR) is 123 cm³/mol. The molecule has 0 saturated carbocycles. The standard InChI is InChI=1S/C22H16BrCl2N3O3/c23-16-12-28(11-14-5-1-2-6-17(14)24)27-21(16)26-22(29)20-10-9-15(31-20)13-30-19-8-4-3-7-18(19)25/h1-10,12H,11,13H2,(H,26,27,29). The second-order valence-electron chi connectivity index (χ2n) is 6.55. The minimum absolute atomic E-state index is 0.144. The number of carbonyl (C=O) groups excluding carboxylic acids is 1. The largest absolute Gasteiger partial charge is 0.484 e. The number of benzene rings is 2. The lowest BCUT2D eigenvalue weighted by Gasteiger charge is -2.05. The lowest BCUT2D eigenvalue weighted by Crippen LogP contribution is -2.12. The van der Waals surface area contributed by atoms with E-state index in [9.17, 15) is 4.79 Å². The van der Waals surface area contributed by atoms with Gasteiger partial charge in [-0.2, -0.15) is 5.10 Å². The molecule has 158 valence electrons. The summed E-state index contributed by atoms with van der Waals surface area (Å²) in [6, 6.07) is 17.9. The van der Waals surface area contributed by atoms with Crippen LogP contribution >= 0.6 is 39.1 Å². The molecule has 0 atom stereocenters. The quantitative estimate of drug-likeness (QED) is 0.305. The Kier molecular flexibility index (Phi) is 6.65. The lowest BCUT2D eigenvalue weighted by molar-refractivity contribution is 0.0992. The van der Waals surface area contributed by atoms with Gasteiger partial charge in [0.05, 0.1) is 16.0 Å². The maximum absolute atomic E-state index is 12.6. The molecule has 0 radical (unpaired) electrons. The molecule has 2 heterocycles. The molecule has 0 aliphatic rings. The monoisotopic (exact) mass is 519 g/mol. The number of amides is 1. The van der Waals surface area contributed by atoms with E-state index in [-0.39, 0.29) is 12.4 Å². The van der Waals surface area contributed by atoms with Gasteiger partial charge in [-0.15, -0.1) is 0 Å². The number of hydrogen-bond acceptors (Lipinski definition) is 4. The van der Waals surface area contributed by atoms with Crippen LogP contribution in [0.25, 0.3) is 0 Å². The minimum Gasteiger partial charge on any atom is -0.484 e. The number of rotatable bonds is 7. The maximum Gasteiger partial charge on any atom is 0.292 e. The van der Waals surface area contributed by atoms with Gasteiger partial charge in [-0.1, -0.05) is 53.5 Å². The Bertz CT molecular complexity index is 1220. The number of para-hydroxylation sites is 1. The summed E-state index contributed by atoms with van der Waals surface area (Å²) in [7, 11) is 0. The average Bonchev–Trinajstić information content (AvgIpc) is 3.36. The van der Waals surface area contributed by atoms with Crippen LogP contribution in [0, 0.1) is 0 Å². The zero-order chi connectivity index (χ0) is 21.8. The Balaban J connectivity index is 1.39. The topological polar surface area (TPSA) is 69.3 Å². The van der Waals surface area contributed by atoms with Crippen LogP contribution < -0.4 is 10.1 Å². The Hall–Kier alpha value is -2.74. The first kappa shape index (κ1) is 21.5. The molecule has 0 unspecified atom stereocenters. The minimum atomic E-state index is -0.423. The SMILES string of the molecule is O=C(Nc1nn(Cc2ccccc2Cl)cc1Br)c1ccc(COc2ccccc2Cl)o1. The second-order valence-corrected chi connectivity index (χ2v) is 8.22. The van der Waals surface area contributed by atoms with E-state index < -0.39 is 5.91 Å². The fourth-order valence-corrected chi connectivity index (χ4v) is 3.62. The highest BCUT2D eigenvalue weighted by Crippen LogP contribution is 2.25. The molecule has 1 amide bonds. The van der Waals surface area contributed by atoms with Crippen molar-refractivity contribution in [3.8, 4) is 5.75 Å². The van der Waals surface area contributed by atoms with Gasteiger partial charge in [0.15, 0.2) is 11.6 Å². The fourth-order valence-electron chi connectivity index (χ4n) is 2.82. The van der Waals surface area contributed by atoms with E-state index in [1.165, 1.54) is 0 Å². The van der Waals surface area contributed by atoms with Crippen LogP contribution in [0.2, 0.25) is 10.0 Å². The molecule has 2 aromatic heterocycles. The third-order valence-corrected chi connectivity index (χ3v) is 5.59. The van der Waals surface area contributed by atoms with E-state index in [1.807, 2.05) is 36.4 Å². The van der Waals surface area contributed by atoms with Crippen molar-refractivity contribution in [2.45, 2.75) is 13.2 Å². The van der Waals surface area contributed by atoms with E-state index in [2.05, 4.69) is 26.3 Å². The first-order chi connectivity index (χ1) is 15.0. The summed E-state index contributed by atoms with van der Waals surface area (Å²) in [4.78, 5) is 12.6. The number of nitrogens with zero attached hydrogens (tertiary/aromatic N) is 2. The maximum atomic E-state index is 12.6. The average molecular weight is 521 g/mol. The van der Waals surface area contributed by atoms with Gasteiger partial charge in [0, 0.05) is 11.2 Å². The molecule has 0 aliphatic heterocycles. The van der Waals surface area contributed by atoms with E-state index in [1.54, 1.807) is 35.1 Å². The van der Waals surface area contributed by atoms with Gasteiger partial charge in [-0.3, -0.25) is 9.48 Å². The second kappa shape index (κ2) is 9.60. The summed E-state index contributed by atoms with van der Waals surface area (Å²) in [5, 5.41) is 8.30. The van der Waals surface area contributed by atoms with Gasteiger partial charge in [-0.05, 0) is 51.8 Å². The van der Waals surface area contributed by atoms with Gasteiger partial charge in [0.2, 0.25) is 0 Å². The normalized spacial score (nSPS) is 10.8. The van der Waals surface area contributed by atoms with Crippen molar-refractivity contribution in [2.24, 2.45) is 0 Å². The number of aromatic nitrogens is 2. The van der Waals surface area contributed by atoms with Crippen molar-refractivity contribution in [3.63, 3.8) is 0 Å². The molecule has 2 aromatic carbocycles.